The molecule has 0 bridgehead atoms. The fraction of sp³-hybridized carbons (Fsp3) is 0.226. The van der Waals surface area contributed by atoms with E-state index < -0.39 is 22.3 Å². The van der Waals surface area contributed by atoms with E-state index in [1.54, 1.807) is 18.2 Å². The monoisotopic (exact) mass is 622 g/mol. The molecule has 1 heterocycles. The maximum Gasteiger partial charge on any atom is 0.296 e. The number of carbonyl (C=O) groups is 1. The number of allylic oxidation sites excluding steroid dienone is 3. The maximum absolute atomic E-state index is 14.0. The van der Waals surface area contributed by atoms with E-state index in [-0.39, 0.29) is 29.3 Å². The van der Waals surface area contributed by atoms with Crippen molar-refractivity contribution in [3.63, 3.8) is 0 Å². The van der Waals surface area contributed by atoms with Gasteiger partial charge in [-0.05, 0) is 79.3 Å². The number of nitriles is 1. The number of nitro groups is 1. The molecule has 2 N–H and O–H groups in total. The Balaban J connectivity index is 1.66. The van der Waals surface area contributed by atoms with Gasteiger partial charge in [0.2, 0.25) is 0 Å². The van der Waals surface area contributed by atoms with Crippen molar-refractivity contribution < 1.29 is 14.1 Å². The number of Topliss-reactive ketones (excluding diaryl/α,β-unsaturated/α-hetero) is 1. The SMILES string of the molecule is Cc1cc(C)c(C2C(C#N)=C(N)N(c3ccc(F)cc3[N+](=O)[O-])C3=C2C(=O)CCC3)cc1CSc1cc(Cl)ccc1Cl. The van der Waals surface area contributed by atoms with E-state index in [2.05, 4.69) is 6.07 Å². The summed E-state index contributed by atoms with van der Waals surface area (Å²) in [5.74, 6) is -1.16. The standard InChI is InChI=1S/C31H25Cl2FN4O3S/c1-16-10-17(2)21(11-18(16)15-42-28-12-19(32)6-8-23(28)33)29-22(14-35)31(36)37(25-4-3-5-27(39)30(25)29)24-9-7-20(34)13-26(24)38(40)41/h6-13,29H,3-5,15,36H2,1-2H3. The van der Waals surface area contributed by atoms with Gasteiger partial charge in [-0.1, -0.05) is 35.3 Å². The molecule has 0 saturated carbocycles. The Kier molecular flexibility index (Phi) is 8.33. The van der Waals surface area contributed by atoms with Gasteiger partial charge in [-0.2, -0.15) is 5.26 Å². The average molecular weight is 624 g/mol. The minimum Gasteiger partial charge on any atom is -0.384 e. The van der Waals surface area contributed by atoms with Crippen molar-refractivity contribution in [2.45, 2.75) is 49.7 Å². The smallest absolute Gasteiger partial charge is 0.296 e. The van der Waals surface area contributed by atoms with Crippen molar-refractivity contribution in [3.8, 4) is 6.07 Å². The number of thioether (sulfide) groups is 1. The van der Waals surface area contributed by atoms with Gasteiger partial charge in [0.25, 0.3) is 5.69 Å². The number of nitrogens with two attached hydrogens (primary N) is 1. The molecule has 2 aliphatic rings. The van der Waals surface area contributed by atoms with Crippen LogP contribution in [0.3, 0.4) is 0 Å². The first kappa shape index (κ1) is 29.6. The lowest BCUT2D eigenvalue weighted by Gasteiger charge is -2.39. The van der Waals surface area contributed by atoms with Crippen molar-refractivity contribution in [2.24, 2.45) is 5.73 Å². The Morgan fingerprint density at radius 2 is 1.90 bits per heavy atom. The molecule has 5 rings (SSSR count). The zero-order chi connectivity index (χ0) is 30.3. The summed E-state index contributed by atoms with van der Waals surface area (Å²) in [5, 5.41) is 23.5. The van der Waals surface area contributed by atoms with Crippen LogP contribution < -0.4 is 10.6 Å². The van der Waals surface area contributed by atoms with Crippen molar-refractivity contribution >= 4 is 52.1 Å². The number of ketones is 1. The van der Waals surface area contributed by atoms with Crippen LogP contribution in [0.2, 0.25) is 10.0 Å². The number of nitro benzene ring substituents is 1. The zero-order valence-electron chi connectivity index (χ0n) is 22.7. The number of anilines is 1. The Bertz CT molecular complexity index is 1770. The van der Waals surface area contributed by atoms with Crippen LogP contribution in [0.1, 0.15) is 47.4 Å². The van der Waals surface area contributed by atoms with E-state index in [0.717, 1.165) is 39.3 Å². The molecular formula is C31H25Cl2FN4O3S. The molecule has 0 amide bonds. The summed E-state index contributed by atoms with van der Waals surface area (Å²) < 4.78 is 14.0. The highest BCUT2D eigenvalue weighted by molar-refractivity contribution is 7.98. The molecule has 3 aromatic carbocycles. The molecule has 42 heavy (non-hydrogen) atoms. The number of hydrogen-bond acceptors (Lipinski definition) is 7. The predicted octanol–water partition coefficient (Wildman–Crippen LogP) is 8.25. The predicted molar refractivity (Wildman–Crippen MR) is 163 cm³/mol. The summed E-state index contributed by atoms with van der Waals surface area (Å²) in [6.45, 7) is 3.91. The van der Waals surface area contributed by atoms with E-state index in [9.17, 15) is 24.6 Å². The fourth-order valence-corrected chi connectivity index (χ4v) is 7.19. The number of hydrogen-bond donors (Lipinski definition) is 1. The normalized spacial score (nSPS) is 16.9. The van der Waals surface area contributed by atoms with E-state index in [4.69, 9.17) is 28.9 Å². The first-order valence-electron chi connectivity index (χ1n) is 13.1. The first-order valence-corrected chi connectivity index (χ1v) is 14.8. The molecule has 7 nitrogen and oxygen atoms in total. The third-order valence-corrected chi connectivity index (χ3v) is 9.38. The lowest BCUT2D eigenvalue weighted by molar-refractivity contribution is -0.384. The van der Waals surface area contributed by atoms with Crippen LogP contribution in [0.15, 0.2) is 76.1 Å². The lowest BCUT2D eigenvalue weighted by Crippen LogP contribution is -2.39. The van der Waals surface area contributed by atoms with Crippen molar-refractivity contribution in [2.75, 3.05) is 4.90 Å². The lowest BCUT2D eigenvalue weighted by atomic mass is 9.74. The van der Waals surface area contributed by atoms with Crippen molar-refractivity contribution in [1.82, 2.24) is 0 Å². The third-order valence-electron chi connectivity index (χ3n) is 7.60. The van der Waals surface area contributed by atoms with Crippen LogP contribution in [-0.2, 0) is 10.5 Å². The minimum atomic E-state index is -0.781. The largest absolute Gasteiger partial charge is 0.384 e. The molecule has 0 radical (unpaired) electrons. The van der Waals surface area contributed by atoms with Gasteiger partial charge in [-0.25, -0.2) is 4.39 Å². The summed E-state index contributed by atoms with van der Waals surface area (Å²) in [5.41, 5.74) is 10.7. The van der Waals surface area contributed by atoms with Gasteiger partial charge in [-0.15, -0.1) is 11.8 Å². The minimum absolute atomic E-state index is 0.00316. The molecule has 0 aromatic heterocycles. The topological polar surface area (TPSA) is 113 Å². The molecular weight excluding hydrogens is 598 g/mol. The molecule has 11 heteroatoms. The number of benzene rings is 3. The van der Waals surface area contributed by atoms with Crippen LogP contribution in [0.25, 0.3) is 0 Å². The molecule has 0 fully saturated rings. The summed E-state index contributed by atoms with van der Waals surface area (Å²) in [7, 11) is 0. The molecule has 0 saturated heterocycles. The van der Waals surface area contributed by atoms with Gasteiger partial charge < -0.3 is 5.73 Å². The summed E-state index contributed by atoms with van der Waals surface area (Å²) in [6, 6.07) is 14.6. The van der Waals surface area contributed by atoms with Crippen LogP contribution in [-0.4, -0.2) is 10.7 Å². The van der Waals surface area contributed by atoms with Gasteiger partial charge in [-0.3, -0.25) is 19.8 Å². The molecule has 214 valence electrons. The second-order valence-electron chi connectivity index (χ2n) is 10.2. The third kappa shape index (κ3) is 5.38. The van der Waals surface area contributed by atoms with E-state index in [1.165, 1.54) is 22.7 Å². The van der Waals surface area contributed by atoms with Gasteiger partial charge in [0.05, 0.1) is 33.6 Å². The highest BCUT2D eigenvalue weighted by atomic mass is 35.5. The number of nitrogens with zero attached hydrogens (tertiary/aromatic N) is 3. The summed E-state index contributed by atoms with van der Waals surface area (Å²) >= 11 is 14.1. The van der Waals surface area contributed by atoms with Crippen LogP contribution in [0.4, 0.5) is 15.8 Å². The number of carbonyl (C=O) groups excluding carboxylic acids is 1. The molecule has 1 unspecified atom stereocenters. The Morgan fingerprint density at radius 1 is 1.14 bits per heavy atom. The molecule has 0 spiro atoms. The second kappa shape index (κ2) is 11.8. The van der Waals surface area contributed by atoms with Gasteiger partial charge >= 0.3 is 0 Å². The Morgan fingerprint density at radius 3 is 2.62 bits per heavy atom. The number of halogens is 3. The molecule has 1 aliphatic carbocycles. The van der Waals surface area contributed by atoms with Gasteiger partial charge in [0.1, 0.15) is 17.3 Å². The first-order chi connectivity index (χ1) is 20.0. The van der Waals surface area contributed by atoms with Crippen LogP contribution in [0.5, 0.6) is 0 Å². The maximum atomic E-state index is 14.0. The van der Waals surface area contributed by atoms with E-state index >= 15 is 0 Å². The fourth-order valence-electron chi connectivity index (χ4n) is 5.63. The van der Waals surface area contributed by atoms with Gasteiger partial charge in [0, 0.05) is 33.4 Å². The quantitative estimate of drug-likeness (QED) is 0.167. The van der Waals surface area contributed by atoms with Crippen LogP contribution >= 0.6 is 35.0 Å². The highest BCUT2D eigenvalue weighted by Crippen LogP contribution is 2.49. The highest BCUT2D eigenvalue weighted by Gasteiger charge is 2.42. The van der Waals surface area contributed by atoms with Crippen molar-refractivity contribution in [3.05, 3.63) is 119 Å². The Hall–Kier alpha value is -3.84. The molecule has 1 atom stereocenters. The second-order valence-corrected chi connectivity index (χ2v) is 12.1. The average Bonchev–Trinajstić information content (AvgIpc) is 2.94. The number of aryl methyl sites for hydroxylation is 2. The van der Waals surface area contributed by atoms with Crippen LogP contribution in [0, 0.1) is 41.1 Å². The Labute approximate surface area is 256 Å². The summed E-state index contributed by atoms with van der Waals surface area (Å²) in [4.78, 5) is 27.0. The molecule has 1 aliphatic heterocycles. The van der Waals surface area contributed by atoms with E-state index in [0.29, 0.717) is 39.9 Å². The van der Waals surface area contributed by atoms with E-state index in [1.807, 2.05) is 26.0 Å². The number of rotatable bonds is 6. The van der Waals surface area contributed by atoms with Gasteiger partial charge in [0.15, 0.2) is 5.78 Å². The zero-order valence-corrected chi connectivity index (χ0v) is 25.0. The molecule has 3 aromatic rings. The van der Waals surface area contributed by atoms with Crippen molar-refractivity contribution in [1.29, 1.82) is 5.26 Å². The summed E-state index contributed by atoms with van der Waals surface area (Å²) in [6.07, 6.45) is 1.20.